The van der Waals surface area contributed by atoms with Gasteiger partial charge in [-0.1, -0.05) is 18.2 Å². The number of nitrogens with one attached hydrogen (secondary N) is 3. The number of amides is 1. The highest BCUT2D eigenvalue weighted by atomic mass is 16.1. The summed E-state index contributed by atoms with van der Waals surface area (Å²) >= 11 is 0. The molecule has 3 N–H and O–H groups in total. The predicted molar refractivity (Wildman–Crippen MR) is 108 cm³/mol. The van der Waals surface area contributed by atoms with Gasteiger partial charge in [0.05, 0.1) is 5.56 Å². The van der Waals surface area contributed by atoms with E-state index in [0.717, 1.165) is 17.5 Å². The number of pyridine rings is 1. The lowest BCUT2D eigenvalue weighted by Crippen LogP contribution is -2.26. The molecule has 0 radical (unpaired) electrons. The van der Waals surface area contributed by atoms with E-state index in [1.54, 1.807) is 12.4 Å². The van der Waals surface area contributed by atoms with Gasteiger partial charge in [0.1, 0.15) is 0 Å². The average Bonchev–Trinajstić information content (AvgIpc) is 3.16. The summed E-state index contributed by atoms with van der Waals surface area (Å²) in [5, 5.41) is 7.22. The van der Waals surface area contributed by atoms with Crippen LogP contribution in [0.1, 0.15) is 21.5 Å². The van der Waals surface area contributed by atoms with Crippen molar-refractivity contribution >= 4 is 22.8 Å². The zero-order valence-corrected chi connectivity index (χ0v) is 15.2. The van der Waals surface area contributed by atoms with Crippen molar-refractivity contribution in [3.8, 4) is 0 Å². The van der Waals surface area contributed by atoms with E-state index in [9.17, 15) is 4.79 Å². The molecule has 0 aliphatic rings. The molecule has 140 valence electrons. The highest BCUT2D eigenvalue weighted by Gasteiger charge is 2.08. The predicted octanol–water partition coefficient (Wildman–Crippen LogP) is 2.94. The number of anilines is 1. The van der Waals surface area contributed by atoms with E-state index in [2.05, 4.69) is 36.6 Å². The second-order valence-electron chi connectivity index (χ2n) is 6.37. The fourth-order valence-corrected chi connectivity index (χ4v) is 2.97. The Hall–Kier alpha value is -3.74. The van der Waals surface area contributed by atoms with Crippen LogP contribution in [-0.2, 0) is 13.0 Å². The third-order valence-electron chi connectivity index (χ3n) is 4.47. The van der Waals surface area contributed by atoms with Crippen molar-refractivity contribution in [3.63, 3.8) is 0 Å². The van der Waals surface area contributed by atoms with E-state index < -0.39 is 0 Å². The fraction of sp³-hybridized carbons (Fsp3) is 0.143. The Morgan fingerprint density at radius 2 is 1.82 bits per heavy atom. The lowest BCUT2D eigenvalue weighted by Gasteiger charge is -2.07. The number of aromatic nitrogens is 4. The van der Waals surface area contributed by atoms with Crippen LogP contribution in [0.5, 0.6) is 0 Å². The first-order valence-electron chi connectivity index (χ1n) is 9.07. The van der Waals surface area contributed by atoms with Gasteiger partial charge in [-0.05, 0) is 35.7 Å². The van der Waals surface area contributed by atoms with E-state index >= 15 is 0 Å². The largest absolute Gasteiger partial charge is 0.361 e. The fourth-order valence-electron chi connectivity index (χ4n) is 2.97. The van der Waals surface area contributed by atoms with Crippen LogP contribution >= 0.6 is 0 Å². The van der Waals surface area contributed by atoms with Crippen LogP contribution in [0, 0.1) is 0 Å². The number of hydrogen-bond acceptors (Lipinski definition) is 5. The second-order valence-corrected chi connectivity index (χ2v) is 6.37. The van der Waals surface area contributed by atoms with Gasteiger partial charge in [0.15, 0.2) is 0 Å². The first-order valence-corrected chi connectivity index (χ1v) is 9.07. The van der Waals surface area contributed by atoms with Gasteiger partial charge >= 0.3 is 0 Å². The lowest BCUT2D eigenvalue weighted by atomic mass is 10.1. The van der Waals surface area contributed by atoms with Crippen molar-refractivity contribution in [1.82, 2.24) is 25.3 Å². The molecule has 0 aliphatic carbocycles. The molecule has 0 fully saturated rings. The summed E-state index contributed by atoms with van der Waals surface area (Å²) in [7, 11) is 0. The molecule has 7 heteroatoms. The molecule has 0 saturated carbocycles. The van der Waals surface area contributed by atoms with Gasteiger partial charge in [0, 0.05) is 55.0 Å². The molecule has 0 bridgehead atoms. The highest BCUT2D eigenvalue weighted by Crippen LogP contribution is 2.17. The van der Waals surface area contributed by atoms with Gasteiger partial charge < -0.3 is 15.6 Å². The number of H-pyrrole nitrogens is 1. The van der Waals surface area contributed by atoms with Gasteiger partial charge in [0.2, 0.25) is 5.95 Å². The molecule has 1 amide bonds. The maximum atomic E-state index is 12.3. The normalized spacial score (nSPS) is 10.7. The summed E-state index contributed by atoms with van der Waals surface area (Å²) in [6, 6.07) is 12.0. The van der Waals surface area contributed by atoms with Crippen LogP contribution in [0.15, 0.2) is 67.4 Å². The number of carbonyl (C=O) groups excluding carboxylic acids is 1. The molecule has 0 unspecified atom stereocenters. The molecule has 28 heavy (non-hydrogen) atoms. The van der Waals surface area contributed by atoms with Gasteiger partial charge in [0.25, 0.3) is 5.91 Å². The van der Waals surface area contributed by atoms with Crippen molar-refractivity contribution in [2.75, 3.05) is 11.9 Å². The molecule has 0 saturated heterocycles. The van der Waals surface area contributed by atoms with E-state index in [-0.39, 0.29) is 5.91 Å². The van der Waals surface area contributed by atoms with Gasteiger partial charge in [-0.2, -0.15) is 0 Å². The lowest BCUT2D eigenvalue weighted by molar-refractivity contribution is 0.0953. The monoisotopic (exact) mass is 372 g/mol. The minimum atomic E-state index is -0.180. The Labute approximate surface area is 162 Å². The quantitative estimate of drug-likeness (QED) is 0.464. The number of aromatic amines is 1. The molecule has 4 rings (SSSR count). The van der Waals surface area contributed by atoms with Crippen LogP contribution < -0.4 is 10.6 Å². The standard InChI is InChI=1S/C21H20N6O/c28-20(23-10-7-16-12-24-19-4-2-1-3-18(16)19)17-13-26-21(27-14-17)25-11-15-5-8-22-9-6-15/h1-6,8-9,12-14,24H,7,10-11H2,(H,23,28)(H,25,26,27). The van der Waals surface area contributed by atoms with Gasteiger partial charge in [-0.15, -0.1) is 0 Å². The molecule has 3 heterocycles. The second kappa shape index (κ2) is 8.30. The zero-order chi connectivity index (χ0) is 19.2. The van der Waals surface area contributed by atoms with Crippen molar-refractivity contribution in [1.29, 1.82) is 0 Å². The third kappa shape index (κ3) is 4.15. The Morgan fingerprint density at radius 1 is 1.04 bits per heavy atom. The van der Waals surface area contributed by atoms with E-state index in [0.29, 0.717) is 24.6 Å². The maximum Gasteiger partial charge on any atom is 0.254 e. The summed E-state index contributed by atoms with van der Waals surface area (Å²) in [5.41, 5.74) is 3.81. The van der Waals surface area contributed by atoms with Gasteiger partial charge in [-0.3, -0.25) is 9.78 Å². The topological polar surface area (TPSA) is 95.6 Å². The maximum absolute atomic E-state index is 12.3. The summed E-state index contributed by atoms with van der Waals surface area (Å²) in [6.45, 7) is 1.14. The van der Waals surface area contributed by atoms with Crippen LogP contribution in [0.4, 0.5) is 5.95 Å². The van der Waals surface area contributed by atoms with Crippen LogP contribution in [0.25, 0.3) is 10.9 Å². The number of hydrogen-bond donors (Lipinski definition) is 3. The minimum absolute atomic E-state index is 0.180. The number of rotatable bonds is 7. The number of para-hydroxylation sites is 1. The summed E-state index contributed by atoms with van der Waals surface area (Å²) < 4.78 is 0. The smallest absolute Gasteiger partial charge is 0.254 e. The number of benzene rings is 1. The average molecular weight is 372 g/mol. The van der Waals surface area contributed by atoms with Crippen molar-refractivity contribution in [2.45, 2.75) is 13.0 Å². The third-order valence-corrected chi connectivity index (χ3v) is 4.47. The Morgan fingerprint density at radius 3 is 2.64 bits per heavy atom. The Balaban J connectivity index is 1.28. The number of nitrogens with zero attached hydrogens (tertiary/aromatic N) is 3. The Bertz CT molecular complexity index is 1060. The first kappa shape index (κ1) is 17.7. The van der Waals surface area contributed by atoms with Gasteiger partial charge in [-0.25, -0.2) is 9.97 Å². The molecule has 7 nitrogen and oxygen atoms in total. The van der Waals surface area contributed by atoms with E-state index in [4.69, 9.17) is 0 Å². The first-order chi connectivity index (χ1) is 13.8. The zero-order valence-electron chi connectivity index (χ0n) is 15.2. The van der Waals surface area contributed by atoms with Crippen molar-refractivity contribution in [2.24, 2.45) is 0 Å². The van der Waals surface area contributed by atoms with Crippen molar-refractivity contribution < 1.29 is 4.79 Å². The molecular formula is C21H20N6O. The molecule has 4 aromatic rings. The number of fused-ring (bicyclic) bond motifs is 1. The molecule has 0 aliphatic heterocycles. The molecule has 1 aromatic carbocycles. The summed E-state index contributed by atoms with van der Waals surface area (Å²) in [4.78, 5) is 27.9. The summed E-state index contributed by atoms with van der Waals surface area (Å²) in [6.07, 6.45) is 9.28. The molecule has 0 atom stereocenters. The Kier molecular flexibility index (Phi) is 5.24. The van der Waals surface area contributed by atoms with Crippen LogP contribution in [-0.4, -0.2) is 32.4 Å². The van der Waals surface area contributed by atoms with Crippen molar-refractivity contribution in [3.05, 3.63) is 84.1 Å². The summed E-state index contributed by atoms with van der Waals surface area (Å²) in [5.74, 6) is 0.299. The highest BCUT2D eigenvalue weighted by molar-refractivity contribution is 5.93. The molecular weight excluding hydrogens is 352 g/mol. The molecule has 3 aromatic heterocycles. The molecule has 0 spiro atoms. The van der Waals surface area contributed by atoms with E-state index in [1.807, 2.05) is 36.5 Å². The van der Waals surface area contributed by atoms with Crippen LogP contribution in [0.2, 0.25) is 0 Å². The van der Waals surface area contributed by atoms with Crippen LogP contribution in [0.3, 0.4) is 0 Å². The number of carbonyl (C=O) groups is 1. The van der Waals surface area contributed by atoms with E-state index in [1.165, 1.54) is 23.3 Å². The minimum Gasteiger partial charge on any atom is -0.361 e. The SMILES string of the molecule is O=C(NCCc1c[nH]c2ccccc12)c1cnc(NCc2ccncc2)nc1.